The number of benzene rings is 1. The van der Waals surface area contributed by atoms with Crippen molar-refractivity contribution < 1.29 is 0 Å². The number of anilines is 2. The van der Waals surface area contributed by atoms with Crippen LogP contribution >= 0.6 is 12.4 Å². The summed E-state index contributed by atoms with van der Waals surface area (Å²) < 4.78 is 0. The molecule has 5 nitrogen and oxygen atoms in total. The summed E-state index contributed by atoms with van der Waals surface area (Å²) in [6.07, 6.45) is 2.41. The zero-order valence-electron chi connectivity index (χ0n) is 12.5. The van der Waals surface area contributed by atoms with Crippen LogP contribution in [0.1, 0.15) is 12.8 Å². The van der Waals surface area contributed by atoms with Crippen LogP contribution in [0.4, 0.5) is 11.6 Å². The smallest absolute Gasteiger partial charge is 0.172 e. The molecular formula is C15H22ClN5. The van der Waals surface area contributed by atoms with Gasteiger partial charge in [-0.05, 0) is 32.0 Å². The number of fused-ring (bicyclic) bond motifs is 1. The Morgan fingerprint density at radius 2 is 1.86 bits per heavy atom. The molecule has 2 N–H and O–H groups in total. The number of halogens is 1. The Kier molecular flexibility index (Phi) is 5.20. The van der Waals surface area contributed by atoms with Crippen molar-refractivity contribution >= 4 is 35.1 Å². The topological polar surface area (TPSA) is 53.1 Å². The van der Waals surface area contributed by atoms with Gasteiger partial charge in [0.05, 0.1) is 11.0 Å². The van der Waals surface area contributed by atoms with Gasteiger partial charge >= 0.3 is 0 Å². The molecule has 2 heterocycles. The first-order chi connectivity index (χ1) is 9.81. The number of rotatable bonds is 3. The lowest BCUT2D eigenvalue weighted by Gasteiger charge is -2.34. The highest BCUT2D eigenvalue weighted by molar-refractivity contribution is 5.85. The van der Waals surface area contributed by atoms with Crippen LogP contribution in [-0.2, 0) is 0 Å². The molecule has 1 aromatic heterocycles. The van der Waals surface area contributed by atoms with E-state index in [1.165, 1.54) is 12.8 Å². The van der Waals surface area contributed by atoms with E-state index in [0.29, 0.717) is 6.04 Å². The van der Waals surface area contributed by atoms with Crippen molar-refractivity contribution in [3.05, 3.63) is 24.3 Å². The van der Waals surface area contributed by atoms with E-state index >= 15 is 0 Å². The molecule has 1 aliphatic rings. The number of piperidine rings is 1. The van der Waals surface area contributed by atoms with Crippen molar-refractivity contribution in [3.63, 3.8) is 0 Å². The summed E-state index contributed by atoms with van der Waals surface area (Å²) in [6, 6.07) is 8.55. The van der Waals surface area contributed by atoms with E-state index in [1.54, 1.807) is 0 Å². The SMILES string of the molecule is CNc1nc2ccccc2nc1N1CCCC(NC)C1.Cl. The van der Waals surface area contributed by atoms with Crippen molar-refractivity contribution in [1.29, 1.82) is 0 Å². The maximum Gasteiger partial charge on any atom is 0.172 e. The van der Waals surface area contributed by atoms with E-state index in [-0.39, 0.29) is 12.4 Å². The van der Waals surface area contributed by atoms with Crippen molar-refractivity contribution in [2.45, 2.75) is 18.9 Å². The lowest BCUT2D eigenvalue weighted by atomic mass is 10.1. The fourth-order valence-electron chi connectivity index (χ4n) is 2.78. The van der Waals surface area contributed by atoms with Gasteiger partial charge < -0.3 is 15.5 Å². The molecule has 2 aromatic rings. The molecule has 1 atom stereocenters. The lowest BCUT2D eigenvalue weighted by molar-refractivity contribution is 0.448. The highest BCUT2D eigenvalue weighted by Gasteiger charge is 2.22. The second-order valence-corrected chi connectivity index (χ2v) is 5.21. The van der Waals surface area contributed by atoms with Crippen LogP contribution in [0.3, 0.4) is 0 Å². The van der Waals surface area contributed by atoms with Gasteiger partial charge in [-0.15, -0.1) is 12.4 Å². The highest BCUT2D eigenvalue weighted by Crippen LogP contribution is 2.27. The monoisotopic (exact) mass is 307 g/mol. The van der Waals surface area contributed by atoms with E-state index in [0.717, 1.165) is 35.8 Å². The molecule has 6 heteroatoms. The minimum Gasteiger partial charge on any atom is -0.370 e. The predicted molar refractivity (Wildman–Crippen MR) is 90.6 cm³/mol. The third-order valence-corrected chi connectivity index (χ3v) is 3.92. The fourth-order valence-corrected chi connectivity index (χ4v) is 2.78. The summed E-state index contributed by atoms with van der Waals surface area (Å²) in [5.74, 6) is 1.83. The quantitative estimate of drug-likeness (QED) is 0.911. The normalized spacial score (nSPS) is 18.4. The van der Waals surface area contributed by atoms with Crippen LogP contribution in [0.2, 0.25) is 0 Å². The molecule has 1 unspecified atom stereocenters. The average Bonchev–Trinajstić information content (AvgIpc) is 2.53. The van der Waals surface area contributed by atoms with E-state index in [4.69, 9.17) is 4.98 Å². The summed E-state index contributed by atoms with van der Waals surface area (Å²) in [5, 5.41) is 6.55. The van der Waals surface area contributed by atoms with E-state index in [1.807, 2.05) is 38.4 Å². The number of likely N-dealkylation sites (N-methyl/N-ethyl adjacent to an activating group) is 1. The molecule has 114 valence electrons. The highest BCUT2D eigenvalue weighted by atomic mass is 35.5. The first-order valence-electron chi connectivity index (χ1n) is 7.18. The Bertz CT molecular complexity index is 604. The maximum atomic E-state index is 4.81. The van der Waals surface area contributed by atoms with Gasteiger partial charge in [0.1, 0.15) is 0 Å². The molecular weight excluding hydrogens is 286 g/mol. The van der Waals surface area contributed by atoms with Gasteiger partial charge in [-0.1, -0.05) is 12.1 Å². The summed E-state index contributed by atoms with van der Waals surface area (Å²) in [5.41, 5.74) is 1.89. The third kappa shape index (κ3) is 3.19. The van der Waals surface area contributed by atoms with Gasteiger partial charge in [0.2, 0.25) is 0 Å². The second-order valence-electron chi connectivity index (χ2n) is 5.21. The van der Waals surface area contributed by atoms with E-state index in [9.17, 15) is 0 Å². The van der Waals surface area contributed by atoms with Gasteiger partial charge in [0.25, 0.3) is 0 Å². The molecule has 3 rings (SSSR count). The number of aromatic nitrogens is 2. The first kappa shape index (κ1) is 15.8. The molecule has 0 saturated carbocycles. The summed E-state index contributed by atoms with van der Waals surface area (Å²) in [7, 11) is 3.93. The Morgan fingerprint density at radius 1 is 1.14 bits per heavy atom. The molecule has 0 aliphatic carbocycles. The zero-order valence-corrected chi connectivity index (χ0v) is 13.3. The molecule has 21 heavy (non-hydrogen) atoms. The summed E-state index contributed by atoms with van der Waals surface area (Å²) >= 11 is 0. The number of hydrogen-bond acceptors (Lipinski definition) is 5. The summed E-state index contributed by atoms with van der Waals surface area (Å²) in [6.45, 7) is 2.03. The standard InChI is InChI=1S/C15H21N5.ClH/c1-16-11-6-5-9-20(10-11)15-14(17-2)18-12-7-3-4-8-13(12)19-15;/h3-4,7-8,11,16H,5-6,9-10H2,1-2H3,(H,17,18);1H. The number of hydrogen-bond donors (Lipinski definition) is 2. The van der Waals surface area contributed by atoms with Crippen LogP contribution in [0.15, 0.2) is 24.3 Å². The Balaban J connectivity index is 0.00000161. The molecule has 1 fully saturated rings. The van der Waals surface area contributed by atoms with Crippen molar-refractivity contribution in [2.24, 2.45) is 0 Å². The molecule has 0 bridgehead atoms. The Hall–Kier alpha value is -1.59. The number of nitrogens with one attached hydrogen (secondary N) is 2. The molecule has 1 aromatic carbocycles. The first-order valence-corrected chi connectivity index (χ1v) is 7.18. The summed E-state index contributed by atoms with van der Waals surface area (Å²) in [4.78, 5) is 11.8. The average molecular weight is 308 g/mol. The molecule has 0 spiro atoms. The molecule has 0 radical (unpaired) electrons. The van der Waals surface area contributed by atoms with Crippen molar-refractivity contribution in [2.75, 3.05) is 37.4 Å². The largest absolute Gasteiger partial charge is 0.370 e. The van der Waals surface area contributed by atoms with Crippen LogP contribution in [0.5, 0.6) is 0 Å². The zero-order chi connectivity index (χ0) is 13.9. The molecule has 1 saturated heterocycles. The van der Waals surface area contributed by atoms with Crippen molar-refractivity contribution in [1.82, 2.24) is 15.3 Å². The van der Waals surface area contributed by atoms with Gasteiger partial charge in [-0.2, -0.15) is 0 Å². The van der Waals surface area contributed by atoms with Gasteiger partial charge in [0, 0.05) is 26.2 Å². The van der Waals surface area contributed by atoms with Gasteiger partial charge in [-0.3, -0.25) is 0 Å². The minimum absolute atomic E-state index is 0. The van der Waals surface area contributed by atoms with Crippen molar-refractivity contribution in [3.8, 4) is 0 Å². The van der Waals surface area contributed by atoms with E-state index < -0.39 is 0 Å². The van der Waals surface area contributed by atoms with Crippen LogP contribution < -0.4 is 15.5 Å². The van der Waals surface area contributed by atoms with E-state index in [2.05, 4.69) is 20.5 Å². The maximum absolute atomic E-state index is 4.81. The predicted octanol–water partition coefficient (Wildman–Crippen LogP) is 2.28. The lowest BCUT2D eigenvalue weighted by Crippen LogP contribution is -2.45. The van der Waals surface area contributed by atoms with Crippen LogP contribution in [-0.4, -0.2) is 43.2 Å². The van der Waals surface area contributed by atoms with Gasteiger partial charge in [-0.25, -0.2) is 9.97 Å². The molecule has 1 aliphatic heterocycles. The van der Waals surface area contributed by atoms with Crippen LogP contribution in [0.25, 0.3) is 11.0 Å². The Morgan fingerprint density at radius 3 is 2.52 bits per heavy atom. The molecule has 0 amide bonds. The van der Waals surface area contributed by atoms with Crippen LogP contribution in [0, 0.1) is 0 Å². The fraction of sp³-hybridized carbons (Fsp3) is 0.467. The number of nitrogens with zero attached hydrogens (tertiary/aromatic N) is 3. The number of para-hydroxylation sites is 2. The minimum atomic E-state index is 0. The third-order valence-electron chi connectivity index (χ3n) is 3.92. The van der Waals surface area contributed by atoms with Gasteiger partial charge in [0.15, 0.2) is 11.6 Å². The Labute approximate surface area is 131 Å². The second kappa shape index (κ2) is 6.91.